The van der Waals surface area contributed by atoms with Gasteiger partial charge in [-0.15, -0.1) is 12.4 Å². The lowest BCUT2D eigenvalue weighted by Gasteiger charge is -2.18. The summed E-state index contributed by atoms with van der Waals surface area (Å²) in [6.45, 7) is 3.70. The lowest BCUT2D eigenvalue weighted by atomic mass is 10.0. The predicted molar refractivity (Wildman–Crippen MR) is 83.4 cm³/mol. The van der Waals surface area contributed by atoms with Gasteiger partial charge in [0.2, 0.25) is 0 Å². The molecule has 1 aliphatic carbocycles. The van der Waals surface area contributed by atoms with Crippen molar-refractivity contribution in [1.29, 1.82) is 0 Å². The Balaban J connectivity index is 0.00000147. The molecule has 0 spiro atoms. The number of carbonyl (C=O) groups is 1. The molecule has 2 atom stereocenters. The number of fused-ring (bicyclic) bond motifs is 1. The molecule has 0 saturated carbocycles. The highest BCUT2D eigenvalue weighted by molar-refractivity contribution is 5.94. The van der Waals surface area contributed by atoms with Crippen molar-refractivity contribution >= 4 is 18.3 Å². The Kier molecular flexibility index (Phi) is 4.71. The molecule has 4 heteroatoms. The Bertz CT molecular complexity index is 501. The maximum absolute atomic E-state index is 12.5. The van der Waals surface area contributed by atoms with E-state index in [-0.39, 0.29) is 24.4 Å². The molecule has 2 N–H and O–H groups in total. The number of rotatable bonds is 2. The van der Waals surface area contributed by atoms with Crippen LogP contribution in [0.15, 0.2) is 18.2 Å². The van der Waals surface area contributed by atoms with Gasteiger partial charge in [-0.1, -0.05) is 6.07 Å². The Morgan fingerprint density at radius 3 is 2.80 bits per heavy atom. The molecule has 0 aromatic heterocycles. The number of hydrogen-bond acceptors (Lipinski definition) is 2. The van der Waals surface area contributed by atoms with E-state index in [2.05, 4.69) is 12.1 Å². The number of likely N-dealkylation sites (tertiary alicyclic amines) is 1. The summed E-state index contributed by atoms with van der Waals surface area (Å²) in [6, 6.07) is 6.40. The summed E-state index contributed by atoms with van der Waals surface area (Å²) in [5.41, 5.74) is 9.58. The summed E-state index contributed by atoms with van der Waals surface area (Å²) in [6.07, 6.45) is 4.55. The molecular weight excluding hydrogens is 272 g/mol. The van der Waals surface area contributed by atoms with Crippen LogP contribution in [0.1, 0.15) is 41.3 Å². The third kappa shape index (κ3) is 2.84. The normalized spacial score (nSPS) is 22.3. The van der Waals surface area contributed by atoms with E-state index in [0.717, 1.165) is 31.5 Å². The summed E-state index contributed by atoms with van der Waals surface area (Å²) in [7, 11) is 0. The van der Waals surface area contributed by atoms with Crippen molar-refractivity contribution in [2.45, 2.75) is 38.6 Å². The summed E-state index contributed by atoms with van der Waals surface area (Å²) in [5.74, 6) is 0.635. The largest absolute Gasteiger partial charge is 0.338 e. The van der Waals surface area contributed by atoms with Crippen molar-refractivity contribution in [1.82, 2.24) is 4.90 Å². The van der Waals surface area contributed by atoms with Gasteiger partial charge in [0, 0.05) is 24.7 Å². The Morgan fingerprint density at radius 1 is 1.35 bits per heavy atom. The number of carbonyl (C=O) groups excluding carboxylic acids is 1. The van der Waals surface area contributed by atoms with E-state index in [4.69, 9.17) is 5.73 Å². The first kappa shape index (κ1) is 15.3. The van der Waals surface area contributed by atoms with E-state index in [1.165, 1.54) is 24.0 Å². The number of benzene rings is 1. The van der Waals surface area contributed by atoms with Gasteiger partial charge in [-0.2, -0.15) is 0 Å². The molecule has 1 heterocycles. The monoisotopic (exact) mass is 294 g/mol. The number of halogens is 1. The van der Waals surface area contributed by atoms with E-state index >= 15 is 0 Å². The zero-order valence-corrected chi connectivity index (χ0v) is 12.8. The van der Waals surface area contributed by atoms with Crippen LogP contribution in [0.2, 0.25) is 0 Å². The van der Waals surface area contributed by atoms with E-state index < -0.39 is 0 Å². The second-order valence-electron chi connectivity index (χ2n) is 6.00. The minimum Gasteiger partial charge on any atom is -0.338 e. The van der Waals surface area contributed by atoms with E-state index in [9.17, 15) is 4.79 Å². The Hall–Kier alpha value is -1.06. The highest BCUT2D eigenvalue weighted by Crippen LogP contribution is 2.25. The second-order valence-corrected chi connectivity index (χ2v) is 6.00. The molecule has 2 unspecified atom stereocenters. The number of nitrogens with two attached hydrogens (primary N) is 1. The SMILES string of the molecule is CC(N)C1CCN(C(=O)c2ccc3c(c2)CCC3)C1.Cl. The summed E-state index contributed by atoms with van der Waals surface area (Å²) in [5, 5.41) is 0. The molecular formula is C16H23ClN2O. The molecule has 3 nitrogen and oxygen atoms in total. The van der Waals surface area contributed by atoms with Crippen molar-refractivity contribution in [3.8, 4) is 0 Å². The van der Waals surface area contributed by atoms with Gasteiger partial charge in [0.25, 0.3) is 5.91 Å². The van der Waals surface area contributed by atoms with Crippen molar-refractivity contribution in [2.75, 3.05) is 13.1 Å². The predicted octanol–water partition coefficient (Wildman–Crippen LogP) is 2.41. The highest BCUT2D eigenvalue weighted by Gasteiger charge is 2.29. The fraction of sp³-hybridized carbons (Fsp3) is 0.562. The van der Waals surface area contributed by atoms with Crippen LogP contribution in [0, 0.1) is 5.92 Å². The van der Waals surface area contributed by atoms with Gasteiger partial charge in [0.1, 0.15) is 0 Å². The number of aryl methyl sites for hydroxylation is 2. The lowest BCUT2D eigenvalue weighted by Crippen LogP contribution is -2.33. The van der Waals surface area contributed by atoms with Crippen LogP contribution < -0.4 is 5.73 Å². The number of nitrogens with zero attached hydrogens (tertiary/aromatic N) is 1. The minimum absolute atomic E-state index is 0. The fourth-order valence-corrected chi connectivity index (χ4v) is 3.29. The third-order valence-corrected chi connectivity index (χ3v) is 4.60. The van der Waals surface area contributed by atoms with Crippen LogP contribution in [0.4, 0.5) is 0 Å². The first-order valence-electron chi connectivity index (χ1n) is 7.32. The van der Waals surface area contributed by atoms with Gasteiger partial charge in [0.15, 0.2) is 0 Å². The van der Waals surface area contributed by atoms with Crippen molar-refractivity contribution in [2.24, 2.45) is 11.7 Å². The van der Waals surface area contributed by atoms with Crippen molar-refractivity contribution in [3.63, 3.8) is 0 Å². The molecule has 1 saturated heterocycles. The lowest BCUT2D eigenvalue weighted by molar-refractivity contribution is 0.0786. The first-order valence-corrected chi connectivity index (χ1v) is 7.32. The van der Waals surface area contributed by atoms with Gasteiger partial charge in [-0.3, -0.25) is 4.79 Å². The maximum Gasteiger partial charge on any atom is 0.253 e. The number of amides is 1. The van der Waals surface area contributed by atoms with Crippen molar-refractivity contribution in [3.05, 3.63) is 34.9 Å². The van der Waals surface area contributed by atoms with Crippen LogP contribution in [-0.2, 0) is 12.8 Å². The summed E-state index contributed by atoms with van der Waals surface area (Å²) >= 11 is 0. The van der Waals surface area contributed by atoms with Gasteiger partial charge in [-0.05, 0) is 61.8 Å². The molecule has 20 heavy (non-hydrogen) atoms. The number of hydrogen-bond donors (Lipinski definition) is 1. The van der Waals surface area contributed by atoms with Gasteiger partial charge >= 0.3 is 0 Å². The standard InChI is InChI=1S/C16H22N2O.ClH/c1-11(17)15-7-8-18(10-15)16(19)14-6-5-12-3-2-4-13(12)9-14;/h5-6,9,11,15H,2-4,7-8,10,17H2,1H3;1H. The molecule has 110 valence electrons. The highest BCUT2D eigenvalue weighted by atomic mass is 35.5. The topological polar surface area (TPSA) is 46.3 Å². The maximum atomic E-state index is 12.5. The molecule has 0 bridgehead atoms. The van der Waals surface area contributed by atoms with Crippen molar-refractivity contribution < 1.29 is 4.79 Å². The average molecular weight is 295 g/mol. The van der Waals surface area contributed by atoms with Crippen LogP contribution in [0.3, 0.4) is 0 Å². The summed E-state index contributed by atoms with van der Waals surface area (Å²) in [4.78, 5) is 14.5. The van der Waals surface area contributed by atoms with E-state index in [1.54, 1.807) is 0 Å². The van der Waals surface area contributed by atoms with E-state index in [1.807, 2.05) is 17.9 Å². The third-order valence-electron chi connectivity index (χ3n) is 4.60. The van der Waals surface area contributed by atoms with E-state index in [0.29, 0.717) is 5.92 Å². The molecule has 2 aliphatic rings. The molecule has 1 aliphatic heterocycles. The molecule has 1 amide bonds. The quantitative estimate of drug-likeness (QED) is 0.910. The zero-order chi connectivity index (χ0) is 13.4. The molecule has 3 rings (SSSR count). The molecule has 1 aromatic carbocycles. The molecule has 1 aromatic rings. The van der Waals surface area contributed by atoms with Gasteiger partial charge in [0.05, 0.1) is 0 Å². The van der Waals surface area contributed by atoms with Crippen LogP contribution in [-0.4, -0.2) is 29.9 Å². The van der Waals surface area contributed by atoms with Gasteiger partial charge < -0.3 is 10.6 Å². The summed E-state index contributed by atoms with van der Waals surface area (Å²) < 4.78 is 0. The van der Waals surface area contributed by atoms with Crippen LogP contribution in [0.5, 0.6) is 0 Å². The Morgan fingerprint density at radius 2 is 2.10 bits per heavy atom. The molecule has 0 radical (unpaired) electrons. The van der Waals surface area contributed by atoms with Crippen LogP contribution in [0.25, 0.3) is 0 Å². The smallest absolute Gasteiger partial charge is 0.253 e. The zero-order valence-electron chi connectivity index (χ0n) is 12.0. The van der Waals surface area contributed by atoms with Crippen LogP contribution >= 0.6 is 12.4 Å². The Labute approximate surface area is 126 Å². The molecule has 1 fully saturated rings. The average Bonchev–Trinajstić information content (AvgIpc) is 3.06. The second kappa shape index (κ2) is 6.15. The first-order chi connectivity index (χ1) is 9.15. The minimum atomic E-state index is 0. The fourth-order valence-electron chi connectivity index (χ4n) is 3.29. The van der Waals surface area contributed by atoms with Gasteiger partial charge in [-0.25, -0.2) is 0 Å².